The highest BCUT2D eigenvalue weighted by Gasteiger charge is 2.00. The number of carbonyl (C=O) groups is 1. The van der Waals surface area contributed by atoms with Gasteiger partial charge in [-0.15, -0.1) is 0 Å². The van der Waals surface area contributed by atoms with Crippen molar-refractivity contribution < 1.29 is 4.79 Å². The minimum Gasteiger partial charge on any atom is -0.360 e. The number of ketones is 1. The minimum absolute atomic E-state index is 0.0543. The molecule has 1 N–H and O–H groups in total. The standard InChI is InChI=1S/C15H11BrClNO/c16-12-6-7-14(13(17)10-12)18-9-8-15(19)11-4-2-1-3-5-11/h1-10,18H. The Hall–Kier alpha value is -1.58. The van der Waals surface area contributed by atoms with Gasteiger partial charge in [0.15, 0.2) is 5.78 Å². The molecule has 2 aromatic carbocycles. The van der Waals surface area contributed by atoms with Crippen LogP contribution >= 0.6 is 27.5 Å². The molecule has 0 fully saturated rings. The number of halogens is 2. The zero-order valence-electron chi connectivity index (χ0n) is 9.94. The summed E-state index contributed by atoms with van der Waals surface area (Å²) >= 11 is 9.38. The molecule has 4 heteroatoms. The Morgan fingerprint density at radius 1 is 1.16 bits per heavy atom. The van der Waals surface area contributed by atoms with Crippen LogP contribution in [-0.2, 0) is 0 Å². The molecule has 0 spiro atoms. The van der Waals surface area contributed by atoms with Gasteiger partial charge in [-0.25, -0.2) is 0 Å². The van der Waals surface area contributed by atoms with Crippen molar-refractivity contribution in [3.8, 4) is 0 Å². The van der Waals surface area contributed by atoms with Crippen molar-refractivity contribution >= 4 is 39.0 Å². The molecule has 0 heterocycles. The van der Waals surface area contributed by atoms with E-state index in [2.05, 4.69) is 21.2 Å². The van der Waals surface area contributed by atoms with Gasteiger partial charge in [0, 0.05) is 22.3 Å². The number of hydrogen-bond donors (Lipinski definition) is 1. The Morgan fingerprint density at radius 3 is 2.58 bits per heavy atom. The van der Waals surface area contributed by atoms with Crippen LogP contribution < -0.4 is 5.32 Å². The Balaban J connectivity index is 2.02. The van der Waals surface area contributed by atoms with Crippen LogP contribution in [0.4, 0.5) is 5.69 Å². The molecule has 0 aliphatic rings. The lowest BCUT2D eigenvalue weighted by Crippen LogP contribution is -1.96. The van der Waals surface area contributed by atoms with Gasteiger partial charge in [0.1, 0.15) is 0 Å². The molecule has 0 atom stereocenters. The lowest BCUT2D eigenvalue weighted by atomic mass is 10.1. The first-order valence-electron chi connectivity index (χ1n) is 5.64. The molecule has 0 radical (unpaired) electrons. The molecule has 0 aliphatic carbocycles. The second kappa shape index (κ2) is 6.55. The first kappa shape index (κ1) is 13.8. The van der Waals surface area contributed by atoms with Gasteiger partial charge in [-0.1, -0.05) is 57.9 Å². The molecule has 0 amide bonds. The summed E-state index contributed by atoms with van der Waals surface area (Å²) in [5.74, 6) is -0.0543. The van der Waals surface area contributed by atoms with E-state index in [-0.39, 0.29) is 5.78 Å². The number of nitrogens with one attached hydrogen (secondary N) is 1. The summed E-state index contributed by atoms with van der Waals surface area (Å²) in [6.07, 6.45) is 3.07. The highest BCUT2D eigenvalue weighted by Crippen LogP contribution is 2.25. The maximum absolute atomic E-state index is 11.8. The van der Waals surface area contributed by atoms with Crippen molar-refractivity contribution in [1.82, 2.24) is 0 Å². The van der Waals surface area contributed by atoms with Crippen LogP contribution in [-0.4, -0.2) is 5.78 Å². The number of benzene rings is 2. The predicted octanol–water partition coefficient (Wildman–Crippen LogP) is 4.91. The Labute approximate surface area is 125 Å². The van der Waals surface area contributed by atoms with Crippen LogP contribution in [0.3, 0.4) is 0 Å². The molecule has 2 aromatic rings. The topological polar surface area (TPSA) is 29.1 Å². The first-order chi connectivity index (χ1) is 9.16. The molecule has 0 unspecified atom stereocenters. The van der Waals surface area contributed by atoms with Gasteiger partial charge < -0.3 is 5.32 Å². The Kier molecular flexibility index (Phi) is 4.77. The second-order valence-corrected chi connectivity index (χ2v) is 5.15. The maximum atomic E-state index is 11.8. The zero-order valence-corrected chi connectivity index (χ0v) is 12.3. The van der Waals surface area contributed by atoms with E-state index in [4.69, 9.17) is 11.6 Å². The molecule has 96 valence electrons. The van der Waals surface area contributed by atoms with Gasteiger partial charge in [-0.05, 0) is 18.2 Å². The summed E-state index contributed by atoms with van der Waals surface area (Å²) in [5.41, 5.74) is 1.41. The van der Waals surface area contributed by atoms with E-state index in [1.807, 2.05) is 30.3 Å². The number of rotatable bonds is 4. The quantitative estimate of drug-likeness (QED) is 0.635. The van der Waals surface area contributed by atoms with E-state index in [1.54, 1.807) is 24.4 Å². The van der Waals surface area contributed by atoms with E-state index in [0.717, 1.165) is 10.2 Å². The fourth-order valence-electron chi connectivity index (χ4n) is 1.51. The van der Waals surface area contributed by atoms with Gasteiger partial charge >= 0.3 is 0 Å². The van der Waals surface area contributed by atoms with Gasteiger partial charge in [0.2, 0.25) is 0 Å². The zero-order chi connectivity index (χ0) is 13.7. The van der Waals surface area contributed by atoms with E-state index in [9.17, 15) is 4.79 Å². The van der Waals surface area contributed by atoms with E-state index in [0.29, 0.717) is 10.6 Å². The van der Waals surface area contributed by atoms with Crippen LogP contribution in [0.1, 0.15) is 10.4 Å². The second-order valence-electron chi connectivity index (χ2n) is 3.83. The average molecular weight is 337 g/mol. The smallest absolute Gasteiger partial charge is 0.187 e. The molecule has 19 heavy (non-hydrogen) atoms. The van der Waals surface area contributed by atoms with Crippen LogP contribution in [0.5, 0.6) is 0 Å². The monoisotopic (exact) mass is 335 g/mol. The molecule has 0 bridgehead atoms. The molecule has 2 nitrogen and oxygen atoms in total. The summed E-state index contributed by atoms with van der Waals surface area (Å²) < 4.78 is 0.910. The minimum atomic E-state index is -0.0543. The molecule has 0 saturated heterocycles. The predicted molar refractivity (Wildman–Crippen MR) is 82.7 cm³/mol. The number of carbonyl (C=O) groups excluding carboxylic acids is 1. The fraction of sp³-hybridized carbons (Fsp3) is 0. The van der Waals surface area contributed by atoms with Crippen LogP contribution in [0.25, 0.3) is 0 Å². The molecule has 0 aromatic heterocycles. The number of hydrogen-bond acceptors (Lipinski definition) is 2. The van der Waals surface area contributed by atoms with E-state index >= 15 is 0 Å². The van der Waals surface area contributed by atoms with Crippen LogP contribution in [0.2, 0.25) is 5.02 Å². The largest absolute Gasteiger partial charge is 0.360 e. The summed E-state index contributed by atoms with van der Waals surface area (Å²) in [6.45, 7) is 0. The van der Waals surface area contributed by atoms with Crippen molar-refractivity contribution in [2.24, 2.45) is 0 Å². The van der Waals surface area contributed by atoms with E-state index in [1.165, 1.54) is 6.08 Å². The van der Waals surface area contributed by atoms with Crippen LogP contribution in [0, 0.1) is 0 Å². The third-order valence-corrected chi connectivity index (χ3v) is 3.27. The first-order valence-corrected chi connectivity index (χ1v) is 6.81. The van der Waals surface area contributed by atoms with Gasteiger partial charge in [-0.2, -0.15) is 0 Å². The highest BCUT2D eigenvalue weighted by molar-refractivity contribution is 9.10. The normalized spacial score (nSPS) is 10.6. The SMILES string of the molecule is O=C(C=CNc1ccc(Br)cc1Cl)c1ccccc1. The van der Waals surface area contributed by atoms with Crippen LogP contribution in [0.15, 0.2) is 65.3 Å². The maximum Gasteiger partial charge on any atom is 0.187 e. The van der Waals surface area contributed by atoms with E-state index < -0.39 is 0 Å². The van der Waals surface area contributed by atoms with Crippen molar-refractivity contribution in [2.75, 3.05) is 5.32 Å². The summed E-state index contributed by atoms with van der Waals surface area (Å²) in [5, 5.41) is 3.58. The van der Waals surface area contributed by atoms with Crippen molar-refractivity contribution in [3.05, 3.63) is 75.9 Å². The Morgan fingerprint density at radius 2 is 1.89 bits per heavy atom. The van der Waals surface area contributed by atoms with Crippen molar-refractivity contribution in [2.45, 2.75) is 0 Å². The molecular formula is C15H11BrClNO. The fourth-order valence-corrected chi connectivity index (χ4v) is 2.24. The number of allylic oxidation sites excluding steroid dienone is 1. The van der Waals surface area contributed by atoms with Gasteiger partial charge in [-0.3, -0.25) is 4.79 Å². The summed E-state index contributed by atoms with van der Waals surface area (Å²) in [7, 11) is 0. The Bertz CT molecular complexity index is 611. The van der Waals surface area contributed by atoms with Gasteiger partial charge in [0.25, 0.3) is 0 Å². The summed E-state index contributed by atoms with van der Waals surface area (Å²) in [6, 6.07) is 14.6. The summed E-state index contributed by atoms with van der Waals surface area (Å²) in [4.78, 5) is 11.8. The van der Waals surface area contributed by atoms with Crippen molar-refractivity contribution in [1.29, 1.82) is 0 Å². The van der Waals surface area contributed by atoms with Crippen molar-refractivity contribution in [3.63, 3.8) is 0 Å². The average Bonchev–Trinajstić information content (AvgIpc) is 2.42. The lowest BCUT2D eigenvalue weighted by molar-refractivity contribution is 0.104. The third kappa shape index (κ3) is 3.94. The third-order valence-electron chi connectivity index (χ3n) is 2.46. The number of anilines is 1. The highest BCUT2D eigenvalue weighted by atomic mass is 79.9. The van der Waals surface area contributed by atoms with Gasteiger partial charge in [0.05, 0.1) is 10.7 Å². The molecule has 2 rings (SSSR count). The molecule has 0 aliphatic heterocycles. The molecular weight excluding hydrogens is 326 g/mol. The molecule has 0 saturated carbocycles. The lowest BCUT2D eigenvalue weighted by Gasteiger charge is -2.03.